The van der Waals surface area contributed by atoms with E-state index in [-0.39, 0.29) is 17.0 Å². The van der Waals surface area contributed by atoms with Crippen LogP contribution in [0.25, 0.3) is 0 Å². The van der Waals surface area contributed by atoms with Gasteiger partial charge < -0.3 is 14.4 Å². The number of nitro benzene ring substituents is 1. The maximum absolute atomic E-state index is 12.4. The van der Waals surface area contributed by atoms with Gasteiger partial charge in [0.05, 0.1) is 17.6 Å². The number of nitro groups is 1. The van der Waals surface area contributed by atoms with Crippen LogP contribution in [-0.2, 0) is 4.74 Å². The molecule has 1 aliphatic heterocycles. The number of anilines is 1. The van der Waals surface area contributed by atoms with Crippen LogP contribution in [0.3, 0.4) is 0 Å². The van der Waals surface area contributed by atoms with Crippen molar-refractivity contribution in [2.75, 3.05) is 31.7 Å². The second kappa shape index (κ2) is 9.87. The summed E-state index contributed by atoms with van der Waals surface area (Å²) >= 11 is 0. The molecule has 0 amide bonds. The summed E-state index contributed by atoms with van der Waals surface area (Å²) in [7, 11) is 1.52. The maximum Gasteiger partial charge on any atom is 0.338 e. The van der Waals surface area contributed by atoms with Crippen LogP contribution in [-0.4, -0.2) is 43.5 Å². The van der Waals surface area contributed by atoms with Crippen molar-refractivity contribution in [2.45, 2.75) is 25.7 Å². The molecule has 0 saturated carbocycles. The Bertz CT molecular complexity index is 918. The van der Waals surface area contributed by atoms with Crippen molar-refractivity contribution in [1.82, 2.24) is 0 Å². The van der Waals surface area contributed by atoms with Crippen molar-refractivity contribution in [2.24, 2.45) is 0 Å². The predicted molar refractivity (Wildman–Crippen MR) is 111 cm³/mol. The molecule has 1 heterocycles. The molecule has 0 bridgehead atoms. The van der Waals surface area contributed by atoms with E-state index >= 15 is 0 Å². The number of hydrogen-bond donors (Lipinski definition) is 0. The first-order valence-electron chi connectivity index (χ1n) is 9.87. The number of hydrogen-bond acceptors (Lipinski definition) is 7. The number of carbonyl (C=O) groups excluding carboxylic acids is 2. The summed E-state index contributed by atoms with van der Waals surface area (Å²) in [6.45, 7) is 1.05. The Morgan fingerprint density at radius 3 is 2.23 bits per heavy atom. The molecule has 30 heavy (non-hydrogen) atoms. The van der Waals surface area contributed by atoms with Crippen LogP contribution in [0.1, 0.15) is 46.4 Å². The molecule has 0 spiro atoms. The highest BCUT2D eigenvalue weighted by molar-refractivity contribution is 5.99. The second-order valence-electron chi connectivity index (χ2n) is 7.09. The summed E-state index contributed by atoms with van der Waals surface area (Å²) in [5.41, 5.74) is 0.800. The van der Waals surface area contributed by atoms with Crippen LogP contribution in [0, 0.1) is 10.1 Å². The van der Waals surface area contributed by atoms with Crippen LogP contribution in [0.5, 0.6) is 5.75 Å². The minimum Gasteiger partial charge on any atom is -0.497 e. The first kappa shape index (κ1) is 21.3. The van der Waals surface area contributed by atoms with E-state index in [2.05, 4.69) is 0 Å². The van der Waals surface area contributed by atoms with E-state index in [0.29, 0.717) is 17.0 Å². The average molecular weight is 412 g/mol. The zero-order chi connectivity index (χ0) is 21.5. The lowest BCUT2D eigenvalue weighted by molar-refractivity contribution is -0.384. The second-order valence-corrected chi connectivity index (χ2v) is 7.09. The molecule has 1 aliphatic rings. The minimum atomic E-state index is -0.776. The van der Waals surface area contributed by atoms with Gasteiger partial charge in [0, 0.05) is 24.7 Å². The summed E-state index contributed by atoms with van der Waals surface area (Å²) in [6, 6.07) is 10.8. The summed E-state index contributed by atoms with van der Waals surface area (Å²) in [6.07, 6.45) is 4.18. The lowest BCUT2D eigenvalue weighted by Crippen LogP contribution is -2.25. The zero-order valence-corrected chi connectivity index (χ0v) is 16.8. The Morgan fingerprint density at radius 2 is 1.63 bits per heavy atom. The van der Waals surface area contributed by atoms with E-state index in [1.165, 1.54) is 19.2 Å². The number of ether oxygens (including phenoxy) is 2. The zero-order valence-electron chi connectivity index (χ0n) is 16.8. The van der Waals surface area contributed by atoms with Crippen LogP contribution in [0.2, 0.25) is 0 Å². The lowest BCUT2D eigenvalue weighted by atomic mass is 10.1. The maximum atomic E-state index is 12.4. The van der Waals surface area contributed by atoms with Crippen molar-refractivity contribution < 1.29 is 24.0 Å². The fourth-order valence-corrected chi connectivity index (χ4v) is 3.45. The monoisotopic (exact) mass is 412 g/mol. The Labute approximate surface area is 174 Å². The van der Waals surface area contributed by atoms with E-state index in [1.54, 1.807) is 30.3 Å². The van der Waals surface area contributed by atoms with Gasteiger partial charge in [-0.3, -0.25) is 14.9 Å². The van der Waals surface area contributed by atoms with Gasteiger partial charge in [-0.15, -0.1) is 0 Å². The molecule has 158 valence electrons. The summed E-state index contributed by atoms with van der Waals surface area (Å²) < 4.78 is 10.1. The Balaban J connectivity index is 1.69. The lowest BCUT2D eigenvalue weighted by Gasteiger charge is -2.22. The first-order chi connectivity index (χ1) is 14.5. The molecular formula is C22H24N2O6. The molecule has 2 aromatic rings. The van der Waals surface area contributed by atoms with Crippen LogP contribution in [0.15, 0.2) is 42.5 Å². The molecule has 0 atom stereocenters. The van der Waals surface area contributed by atoms with Gasteiger partial charge in [-0.05, 0) is 49.2 Å². The highest BCUT2D eigenvalue weighted by atomic mass is 16.6. The molecule has 3 rings (SSSR count). The average Bonchev–Trinajstić information content (AvgIpc) is 3.06. The minimum absolute atomic E-state index is 0.0443. The largest absolute Gasteiger partial charge is 0.497 e. The van der Waals surface area contributed by atoms with Gasteiger partial charge in [-0.25, -0.2) is 4.79 Å². The van der Waals surface area contributed by atoms with Gasteiger partial charge in [0.1, 0.15) is 11.4 Å². The molecular weight excluding hydrogens is 388 g/mol. The number of nitrogens with zero attached hydrogens (tertiary/aromatic N) is 2. The topological polar surface area (TPSA) is 99.0 Å². The number of ketones is 1. The molecule has 1 saturated heterocycles. The summed E-state index contributed by atoms with van der Waals surface area (Å²) in [4.78, 5) is 37.7. The summed E-state index contributed by atoms with van der Waals surface area (Å²) in [5.74, 6) is -0.538. The van der Waals surface area contributed by atoms with E-state index in [1.807, 2.05) is 4.90 Å². The van der Waals surface area contributed by atoms with Gasteiger partial charge in [-0.2, -0.15) is 0 Å². The van der Waals surface area contributed by atoms with Crippen LogP contribution < -0.4 is 9.64 Å². The number of methoxy groups -OCH3 is 1. The van der Waals surface area contributed by atoms with E-state index < -0.39 is 17.5 Å². The third kappa shape index (κ3) is 5.14. The molecule has 0 aliphatic carbocycles. The van der Waals surface area contributed by atoms with Gasteiger partial charge in [-0.1, -0.05) is 12.8 Å². The predicted octanol–water partition coefficient (Wildman–Crippen LogP) is 4.02. The third-order valence-corrected chi connectivity index (χ3v) is 5.10. The Hall–Kier alpha value is -3.42. The highest BCUT2D eigenvalue weighted by Gasteiger charge is 2.23. The van der Waals surface area contributed by atoms with E-state index in [9.17, 15) is 19.7 Å². The molecule has 2 aromatic carbocycles. The van der Waals surface area contributed by atoms with Crippen LogP contribution in [0.4, 0.5) is 11.4 Å². The fourth-order valence-electron chi connectivity index (χ4n) is 3.45. The number of benzene rings is 2. The molecule has 0 N–H and O–H groups in total. The van der Waals surface area contributed by atoms with Crippen LogP contribution >= 0.6 is 0 Å². The van der Waals surface area contributed by atoms with Crippen molar-refractivity contribution in [3.8, 4) is 5.75 Å². The van der Waals surface area contributed by atoms with E-state index in [0.717, 1.165) is 38.8 Å². The number of rotatable bonds is 7. The molecule has 0 unspecified atom stereocenters. The molecule has 0 radical (unpaired) electrons. The SMILES string of the molecule is COc1ccc(C(=O)COC(=O)c2ccc(N3CCCCCC3)c([N+](=O)[O-])c2)cc1. The number of carbonyl (C=O) groups is 2. The molecule has 0 aromatic heterocycles. The molecule has 8 nitrogen and oxygen atoms in total. The Kier molecular flexibility index (Phi) is 7.00. The summed E-state index contributed by atoms with van der Waals surface area (Å²) in [5, 5.41) is 11.6. The van der Waals surface area contributed by atoms with Crippen molar-refractivity contribution in [1.29, 1.82) is 0 Å². The highest BCUT2D eigenvalue weighted by Crippen LogP contribution is 2.31. The van der Waals surface area contributed by atoms with Crippen molar-refractivity contribution >= 4 is 23.1 Å². The molecule has 1 fully saturated rings. The molecule has 8 heteroatoms. The normalized spacial score (nSPS) is 14.0. The third-order valence-electron chi connectivity index (χ3n) is 5.10. The van der Waals surface area contributed by atoms with Crippen molar-refractivity contribution in [3.63, 3.8) is 0 Å². The van der Waals surface area contributed by atoms with E-state index in [4.69, 9.17) is 9.47 Å². The smallest absolute Gasteiger partial charge is 0.338 e. The van der Waals surface area contributed by atoms with Gasteiger partial charge >= 0.3 is 5.97 Å². The fraction of sp³-hybridized carbons (Fsp3) is 0.364. The quantitative estimate of drug-likeness (QED) is 0.293. The first-order valence-corrected chi connectivity index (χ1v) is 9.87. The number of esters is 1. The van der Waals surface area contributed by atoms with Gasteiger partial charge in [0.2, 0.25) is 0 Å². The Morgan fingerprint density at radius 1 is 1.00 bits per heavy atom. The number of Topliss-reactive ketones (excluding diaryl/α,β-unsaturated/α-hetero) is 1. The van der Waals surface area contributed by atoms with Crippen molar-refractivity contribution in [3.05, 3.63) is 63.7 Å². The van der Waals surface area contributed by atoms with Gasteiger partial charge in [0.15, 0.2) is 12.4 Å². The standard InChI is InChI=1S/C22H24N2O6/c1-29-18-9-6-16(7-10-18)21(25)15-30-22(26)17-8-11-19(20(14-17)24(27)28)23-12-4-2-3-5-13-23/h6-11,14H,2-5,12-13,15H2,1H3. The van der Waals surface area contributed by atoms with Gasteiger partial charge in [0.25, 0.3) is 5.69 Å².